The monoisotopic (exact) mass is 323 g/mol. The first-order valence-electron chi connectivity index (χ1n) is 5.12. The lowest BCUT2D eigenvalue weighted by atomic mass is 10.2. The van der Waals surface area contributed by atoms with Crippen LogP contribution in [-0.2, 0) is 0 Å². The smallest absolute Gasteiger partial charge is 0.384 e. The van der Waals surface area contributed by atoms with Gasteiger partial charge in [0.1, 0.15) is 5.84 Å². The minimum absolute atomic E-state index is 0.0913. The first-order chi connectivity index (χ1) is 8.20. The summed E-state index contributed by atoms with van der Waals surface area (Å²) < 4.78 is 36.9. The van der Waals surface area contributed by atoms with Gasteiger partial charge in [-0.1, -0.05) is 0 Å². The average molecular weight is 324 g/mol. The molecule has 0 spiro atoms. The van der Waals surface area contributed by atoms with Gasteiger partial charge in [0.05, 0.1) is 6.42 Å². The van der Waals surface area contributed by atoms with Crippen molar-refractivity contribution < 1.29 is 13.2 Å². The zero-order valence-electron chi connectivity index (χ0n) is 9.68. The standard InChI is InChI=1S/C11H13BrF3N3/c1-18(5-4-11(13,14)15)7-2-3-8(10(16)17)9(12)6-7/h2-3,6H,4-5H2,1H3,(H3,16,17). The van der Waals surface area contributed by atoms with E-state index in [-0.39, 0.29) is 12.4 Å². The molecule has 0 saturated carbocycles. The van der Waals surface area contributed by atoms with Crippen molar-refractivity contribution in [2.75, 3.05) is 18.5 Å². The molecule has 0 radical (unpaired) electrons. The van der Waals surface area contributed by atoms with Crippen LogP contribution in [0, 0.1) is 5.41 Å². The molecule has 3 nitrogen and oxygen atoms in total. The maximum absolute atomic E-state index is 12.1. The van der Waals surface area contributed by atoms with Crippen LogP contribution >= 0.6 is 15.9 Å². The molecule has 0 amide bonds. The largest absolute Gasteiger partial charge is 0.390 e. The number of halogens is 4. The molecule has 100 valence electrons. The number of anilines is 1. The van der Waals surface area contributed by atoms with Gasteiger partial charge in [0.2, 0.25) is 0 Å². The first-order valence-corrected chi connectivity index (χ1v) is 5.92. The summed E-state index contributed by atoms with van der Waals surface area (Å²) in [5.41, 5.74) is 6.50. The van der Waals surface area contributed by atoms with E-state index in [1.54, 1.807) is 25.2 Å². The van der Waals surface area contributed by atoms with Crippen molar-refractivity contribution in [2.45, 2.75) is 12.6 Å². The van der Waals surface area contributed by atoms with Crippen molar-refractivity contribution in [2.24, 2.45) is 5.73 Å². The van der Waals surface area contributed by atoms with Crippen LogP contribution in [0.2, 0.25) is 0 Å². The Morgan fingerprint density at radius 2 is 2.06 bits per heavy atom. The lowest BCUT2D eigenvalue weighted by molar-refractivity contribution is -0.132. The van der Waals surface area contributed by atoms with Crippen LogP contribution in [0.25, 0.3) is 0 Å². The maximum Gasteiger partial charge on any atom is 0.390 e. The van der Waals surface area contributed by atoms with Crippen LogP contribution in [0.1, 0.15) is 12.0 Å². The second-order valence-electron chi connectivity index (χ2n) is 3.86. The number of nitrogen functional groups attached to an aromatic ring is 1. The topological polar surface area (TPSA) is 53.1 Å². The first kappa shape index (κ1) is 14.8. The van der Waals surface area contributed by atoms with Gasteiger partial charge < -0.3 is 10.6 Å². The van der Waals surface area contributed by atoms with Crippen molar-refractivity contribution in [1.82, 2.24) is 0 Å². The summed E-state index contributed by atoms with van der Waals surface area (Å²) in [5, 5.41) is 7.30. The summed E-state index contributed by atoms with van der Waals surface area (Å²) in [6.45, 7) is -0.116. The van der Waals surface area contributed by atoms with Gasteiger partial charge in [-0.05, 0) is 34.1 Å². The third kappa shape index (κ3) is 4.21. The molecule has 0 atom stereocenters. The highest BCUT2D eigenvalue weighted by Crippen LogP contribution is 2.25. The molecule has 1 rings (SSSR count). The van der Waals surface area contributed by atoms with Crippen molar-refractivity contribution >= 4 is 27.5 Å². The molecule has 0 aromatic heterocycles. The van der Waals surface area contributed by atoms with Crippen molar-refractivity contribution in [1.29, 1.82) is 5.41 Å². The van der Waals surface area contributed by atoms with Crippen LogP contribution in [0.4, 0.5) is 18.9 Å². The van der Waals surface area contributed by atoms with Gasteiger partial charge >= 0.3 is 6.18 Å². The minimum Gasteiger partial charge on any atom is -0.384 e. The number of amidine groups is 1. The third-order valence-electron chi connectivity index (χ3n) is 2.41. The Balaban J connectivity index is 2.78. The molecule has 0 heterocycles. The Bertz CT molecular complexity index is 446. The van der Waals surface area contributed by atoms with E-state index in [4.69, 9.17) is 11.1 Å². The van der Waals surface area contributed by atoms with Crippen LogP contribution in [-0.4, -0.2) is 25.6 Å². The van der Waals surface area contributed by atoms with Crippen LogP contribution in [0.15, 0.2) is 22.7 Å². The van der Waals surface area contributed by atoms with E-state index in [9.17, 15) is 13.2 Å². The van der Waals surface area contributed by atoms with Gasteiger partial charge in [-0.2, -0.15) is 13.2 Å². The fourth-order valence-corrected chi connectivity index (χ4v) is 1.96. The number of hydrogen-bond acceptors (Lipinski definition) is 2. The minimum atomic E-state index is -4.16. The van der Waals surface area contributed by atoms with Gasteiger partial charge in [-0.25, -0.2) is 0 Å². The highest BCUT2D eigenvalue weighted by atomic mass is 79.9. The quantitative estimate of drug-likeness (QED) is 0.660. The molecule has 18 heavy (non-hydrogen) atoms. The summed E-state index contributed by atoms with van der Waals surface area (Å²) in [7, 11) is 1.58. The number of nitrogens with one attached hydrogen (secondary N) is 1. The second kappa shape index (κ2) is 5.60. The molecule has 0 unspecified atom stereocenters. The SMILES string of the molecule is CN(CCC(F)(F)F)c1ccc(C(=N)N)c(Br)c1. The Hall–Kier alpha value is -1.24. The number of nitrogens with two attached hydrogens (primary N) is 1. The molecule has 0 fully saturated rings. The van der Waals surface area contributed by atoms with Gasteiger partial charge in [0.15, 0.2) is 0 Å². The Kier molecular flexibility index (Phi) is 4.61. The molecule has 0 aliphatic carbocycles. The van der Waals surface area contributed by atoms with E-state index in [1.165, 1.54) is 4.90 Å². The summed E-state index contributed by atoms with van der Waals surface area (Å²) in [5.74, 6) is -0.0913. The maximum atomic E-state index is 12.1. The third-order valence-corrected chi connectivity index (χ3v) is 3.07. The number of alkyl halides is 3. The predicted molar refractivity (Wildman–Crippen MR) is 69.1 cm³/mol. The van der Waals surface area contributed by atoms with E-state index in [1.807, 2.05) is 0 Å². The highest BCUT2D eigenvalue weighted by Gasteiger charge is 2.27. The van der Waals surface area contributed by atoms with E-state index in [0.29, 0.717) is 15.7 Å². The summed E-state index contributed by atoms with van der Waals surface area (Å²) in [6, 6.07) is 4.89. The molecule has 0 aliphatic heterocycles. The number of hydrogen-bond donors (Lipinski definition) is 2. The predicted octanol–water partition coefficient (Wildman–Crippen LogP) is 3.12. The molecule has 7 heteroatoms. The number of rotatable bonds is 4. The molecule has 0 bridgehead atoms. The van der Waals surface area contributed by atoms with Crippen LogP contribution in [0.5, 0.6) is 0 Å². The van der Waals surface area contributed by atoms with Gasteiger partial charge in [0, 0.05) is 29.3 Å². The fraction of sp³-hybridized carbons (Fsp3) is 0.364. The molecule has 1 aromatic carbocycles. The van der Waals surface area contributed by atoms with Gasteiger partial charge in [0.25, 0.3) is 0 Å². The van der Waals surface area contributed by atoms with E-state index in [2.05, 4.69) is 15.9 Å². The highest BCUT2D eigenvalue weighted by molar-refractivity contribution is 9.10. The van der Waals surface area contributed by atoms with Gasteiger partial charge in [-0.15, -0.1) is 0 Å². The van der Waals surface area contributed by atoms with E-state index < -0.39 is 12.6 Å². The summed E-state index contributed by atoms with van der Waals surface area (Å²) >= 11 is 3.24. The Morgan fingerprint density at radius 3 is 2.50 bits per heavy atom. The number of benzene rings is 1. The lowest BCUT2D eigenvalue weighted by Gasteiger charge is -2.21. The van der Waals surface area contributed by atoms with Crippen LogP contribution < -0.4 is 10.6 Å². The van der Waals surface area contributed by atoms with E-state index >= 15 is 0 Å². The molecule has 0 saturated heterocycles. The van der Waals surface area contributed by atoms with Gasteiger partial charge in [-0.3, -0.25) is 5.41 Å². The van der Waals surface area contributed by atoms with Crippen molar-refractivity contribution in [3.05, 3.63) is 28.2 Å². The summed E-state index contributed by atoms with van der Waals surface area (Å²) in [6.07, 6.45) is -5.03. The zero-order chi connectivity index (χ0) is 13.9. The number of nitrogens with zero attached hydrogens (tertiary/aromatic N) is 1. The van der Waals surface area contributed by atoms with Crippen molar-refractivity contribution in [3.8, 4) is 0 Å². The lowest BCUT2D eigenvalue weighted by Crippen LogP contribution is -2.24. The fourth-order valence-electron chi connectivity index (χ4n) is 1.38. The average Bonchev–Trinajstić information content (AvgIpc) is 2.24. The molecule has 3 N–H and O–H groups in total. The van der Waals surface area contributed by atoms with E-state index in [0.717, 1.165) is 0 Å². The second-order valence-corrected chi connectivity index (χ2v) is 4.72. The van der Waals surface area contributed by atoms with Crippen LogP contribution in [0.3, 0.4) is 0 Å². The Morgan fingerprint density at radius 1 is 1.44 bits per heavy atom. The molecule has 1 aromatic rings. The molecule has 0 aliphatic rings. The normalized spacial score (nSPS) is 11.4. The van der Waals surface area contributed by atoms with Crippen molar-refractivity contribution in [3.63, 3.8) is 0 Å². The zero-order valence-corrected chi connectivity index (χ0v) is 11.3. The molecular weight excluding hydrogens is 311 g/mol. The Labute approximate surface area is 111 Å². The summed E-state index contributed by atoms with van der Waals surface area (Å²) in [4.78, 5) is 1.50. The molecular formula is C11H13BrF3N3.